The van der Waals surface area contributed by atoms with Gasteiger partial charge in [-0.15, -0.1) is 0 Å². The van der Waals surface area contributed by atoms with Crippen molar-refractivity contribution in [2.75, 3.05) is 32.3 Å². The molecule has 0 amide bonds. The van der Waals surface area contributed by atoms with Crippen LogP contribution in [0.5, 0.6) is 0 Å². The molecule has 0 fully saturated rings. The van der Waals surface area contributed by atoms with E-state index in [1.807, 2.05) is 0 Å². The minimum atomic E-state index is -5.05. The van der Waals surface area contributed by atoms with E-state index < -0.39 is 60.1 Å². The minimum Gasteiger partial charge on any atom is -0.368 e. The molecule has 6 rings (SSSR count). The second kappa shape index (κ2) is 16.4. The van der Waals surface area contributed by atoms with E-state index in [1.165, 1.54) is 48.5 Å². The van der Waals surface area contributed by atoms with Gasteiger partial charge in [-0.25, -0.2) is 20.0 Å². The molecule has 10 N–H and O–H groups in total. The van der Waals surface area contributed by atoms with Crippen molar-refractivity contribution in [1.82, 2.24) is 29.9 Å². The van der Waals surface area contributed by atoms with E-state index in [0.717, 1.165) is 71.2 Å². The van der Waals surface area contributed by atoms with Gasteiger partial charge >= 0.3 is 0 Å². The second-order valence-electron chi connectivity index (χ2n) is 11.9. The summed E-state index contributed by atoms with van der Waals surface area (Å²) in [5, 5.41) is 2.22. The molecule has 0 aliphatic carbocycles. The molecule has 0 bridgehead atoms. The molecule has 0 aliphatic heterocycles. The van der Waals surface area contributed by atoms with Crippen LogP contribution in [0, 0.1) is 0 Å². The van der Waals surface area contributed by atoms with Gasteiger partial charge in [0.2, 0.25) is 11.9 Å². The van der Waals surface area contributed by atoms with Crippen molar-refractivity contribution < 1.29 is 51.9 Å². The van der Waals surface area contributed by atoms with Gasteiger partial charge in [-0.05, 0) is 83.9 Å². The number of benzene rings is 4. The number of nitrogens with two attached hydrogens (primary N) is 2. The summed E-state index contributed by atoms with van der Waals surface area (Å²) < 4.78 is 137. The Balaban J connectivity index is 1.40. The van der Waals surface area contributed by atoms with Gasteiger partial charge in [-0.2, -0.15) is 53.6 Å². The molecule has 0 radical (unpaired) electrons. The summed E-state index contributed by atoms with van der Waals surface area (Å²) in [7, 11) is -19.2. The number of hydrogen-bond acceptors (Lipinski definition) is 20. The average molecular weight is 901 g/mol. The number of hydrazine groups is 2. The average Bonchev–Trinajstić information content (AvgIpc) is 3.17. The van der Waals surface area contributed by atoms with Crippen molar-refractivity contribution in [2.45, 2.75) is 19.6 Å². The summed E-state index contributed by atoms with van der Waals surface area (Å²) in [5.41, 5.74) is 17.1. The van der Waals surface area contributed by atoms with Crippen LogP contribution in [-0.2, 0) is 40.5 Å². The maximum absolute atomic E-state index is 12.8. The summed E-state index contributed by atoms with van der Waals surface area (Å²) in [6.45, 7) is 0. The zero-order valence-electron chi connectivity index (χ0n) is 29.8. The van der Waals surface area contributed by atoms with Gasteiger partial charge in [0.25, 0.3) is 52.4 Å². The molecule has 2 heterocycles. The maximum Gasteiger partial charge on any atom is 0.295 e. The van der Waals surface area contributed by atoms with Crippen molar-refractivity contribution in [3.8, 4) is 0 Å². The SMILES string of the molecule is Nc1ncnc(N(Nc2ccc(S(=O)(=O)O)cc2)c2ccc(C=Cc3ccc(N(Nc4ccc(S(=O)(=O)O)cc4)c4ncnc(N)n4)cc3S(=O)(=O)O)c(S(=O)(=O)O)c2)n1. The highest BCUT2D eigenvalue weighted by atomic mass is 32.2. The zero-order valence-corrected chi connectivity index (χ0v) is 33.1. The highest BCUT2D eigenvalue weighted by molar-refractivity contribution is 7.86. The number of rotatable bonds is 14. The quantitative estimate of drug-likeness (QED) is 0.0442. The molecule has 28 heteroatoms. The van der Waals surface area contributed by atoms with Gasteiger partial charge in [-0.3, -0.25) is 29.1 Å². The summed E-state index contributed by atoms with van der Waals surface area (Å²) >= 11 is 0. The van der Waals surface area contributed by atoms with Crippen LogP contribution in [0.25, 0.3) is 12.2 Å². The van der Waals surface area contributed by atoms with Gasteiger partial charge in [0, 0.05) is 0 Å². The second-order valence-corrected chi connectivity index (χ2v) is 17.5. The van der Waals surface area contributed by atoms with Crippen LogP contribution in [0.3, 0.4) is 0 Å². The maximum atomic E-state index is 12.8. The van der Waals surface area contributed by atoms with Crippen molar-refractivity contribution in [2.24, 2.45) is 0 Å². The highest BCUT2D eigenvalue weighted by Gasteiger charge is 2.23. The molecule has 0 unspecified atom stereocenters. The lowest BCUT2D eigenvalue weighted by Crippen LogP contribution is -2.27. The molecule has 4 aromatic carbocycles. The van der Waals surface area contributed by atoms with E-state index in [2.05, 4.69) is 40.8 Å². The molecular weight excluding hydrogens is 873 g/mol. The number of nitrogens with one attached hydrogen (secondary N) is 2. The third-order valence-electron chi connectivity index (χ3n) is 7.85. The predicted octanol–water partition coefficient (Wildman–Crippen LogP) is 2.71. The van der Waals surface area contributed by atoms with Crippen molar-refractivity contribution >= 4 is 99.2 Å². The highest BCUT2D eigenvalue weighted by Crippen LogP contribution is 2.32. The fourth-order valence-electron chi connectivity index (χ4n) is 5.16. The van der Waals surface area contributed by atoms with Gasteiger partial charge in [0.15, 0.2) is 0 Å². The fraction of sp³-hybridized carbons (Fsp3) is 0. The van der Waals surface area contributed by atoms with Gasteiger partial charge in [0.1, 0.15) is 22.4 Å². The third-order valence-corrected chi connectivity index (χ3v) is 11.4. The van der Waals surface area contributed by atoms with Crippen LogP contribution in [-0.4, -0.2) is 81.8 Å². The fourth-order valence-corrected chi connectivity index (χ4v) is 7.53. The number of aromatic nitrogens is 6. The Morgan fingerprint density at radius 1 is 0.483 bits per heavy atom. The Morgan fingerprint density at radius 2 is 0.833 bits per heavy atom. The van der Waals surface area contributed by atoms with E-state index in [0.29, 0.717) is 0 Å². The predicted molar refractivity (Wildman–Crippen MR) is 214 cm³/mol. The summed E-state index contributed by atoms with van der Waals surface area (Å²) in [4.78, 5) is 21.3. The van der Waals surface area contributed by atoms with Crippen molar-refractivity contribution in [3.63, 3.8) is 0 Å². The summed E-state index contributed by atoms with van der Waals surface area (Å²) in [6.07, 6.45) is 4.35. The van der Waals surface area contributed by atoms with Crippen LogP contribution >= 0.6 is 0 Å². The first-order valence-electron chi connectivity index (χ1n) is 16.2. The first-order chi connectivity index (χ1) is 28.1. The Bertz CT molecular complexity index is 2880. The summed E-state index contributed by atoms with van der Waals surface area (Å²) in [6, 6.07) is 16.5. The monoisotopic (exact) mass is 900 g/mol. The van der Waals surface area contributed by atoms with E-state index in [1.54, 1.807) is 0 Å². The van der Waals surface area contributed by atoms with Crippen LogP contribution in [0.4, 0.5) is 46.5 Å². The van der Waals surface area contributed by atoms with E-state index in [-0.39, 0.29) is 57.7 Å². The lowest BCUT2D eigenvalue weighted by atomic mass is 10.1. The standard InChI is InChI=1S/C32H28N12O12S4/c33-29-35-17-37-31(39-29)43(41-21-5-11-25(12-6-21)57(45,46)47)23-9-3-19(27(15-23)59(51,52)53)1-2-20-4-10-24(16-28(20)60(54,55)56)44(32-38-18-36-30(34)40-32)42-22-7-13-26(14-8-22)58(48,49)50/h1-18,41-42H,(H,45,46,47)(H,48,49,50)(H,51,52,53)(H,54,55,56)(H2,33,35,37,39)(H2,34,36,38,40). The van der Waals surface area contributed by atoms with Gasteiger partial charge in [-0.1, -0.05) is 24.3 Å². The molecule has 6 aromatic rings. The lowest BCUT2D eigenvalue weighted by molar-refractivity contribution is 0.480. The Labute approximate surface area is 340 Å². The topological polar surface area (TPSA) is 377 Å². The van der Waals surface area contributed by atoms with E-state index in [9.17, 15) is 51.9 Å². The van der Waals surface area contributed by atoms with Gasteiger partial charge in [0.05, 0.1) is 32.5 Å². The molecule has 0 spiro atoms. The third kappa shape index (κ3) is 10.2. The molecule has 312 valence electrons. The smallest absolute Gasteiger partial charge is 0.295 e. The van der Waals surface area contributed by atoms with Crippen LogP contribution in [0.1, 0.15) is 11.1 Å². The normalized spacial score (nSPS) is 12.3. The van der Waals surface area contributed by atoms with Crippen molar-refractivity contribution in [1.29, 1.82) is 0 Å². The molecule has 24 nitrogen and oxygen atoms in total. The molecular formula is C32H28N12O12S4. The largest absolute Gasteiger partial charge is 0.368 e. The Morgan fingerprint density at radius 3 is 1.13 bits per heavy atom. The minimum absolute atomic E-state index is 0.0357. The number of nitrogens with zero attached hydrogens (tertiary/aromatic N) is 8. The van der Waals surface area contributed by atoms with E-state index >= 15 is 0 Å². The first kappa shape index (κ1) is 42.7. The van der Waals surface area contributed by atoms with Crippen LogP contribution in [0.15, 0.2) is 117 Å². The van der Waals surface area contributed by atoms with E-state index in [4.69, 9.17) is 11.5 Å². The number of hydrogen-bond donors (Lipinski definition) is 8. The number of anilines is 8. The zero-order chi connectivity index (χ0) is 43.6. The van der Waals surface area contributed by atoms with Gasteiger partial charge < -0.3 is 11.5 Å². The van der Waals surface area contributed by atoms with Crippen LogP contribution < -0.4 is 32.3 Å². The van der Waals surface area contributed by atoms with Crippen LogP contribution in [0.2, 0.25) is 0 Å². The van der Waals surface area contributed by atoms with Crippen molar-refractivity contribution in [3.05, 3.63) is 109 Å². The lowest BCUT2D eigenvalue weighted by Gasteiger charge is -2.25. The molecule has 0 saturated carbocycles. The Kier molecular flexibility index (Phi) is 11.7. The summed E-state index contributed by atoms with van der Waals surface area (Å²) in [5.74, 6) is -0.867. The molecule has 2 aromatic heterocycles. The molecule has 0 saturated heterocycles. The number of nitrogen functional groups attached to an aromatic ring is 2. The molecule has 60 heavy (non-hydrogen) atoms. The Hall–Kier alpha value is -6.92. The molecule has 0 aliphatic rings. The molecule has 0 atom stereocenters. The first-order valence-corrected chi connectivity index (χ1v) is 21.9.